The summed E-state index contributed by atoms with van der Waals surface area (Å²) < 4.78 is 18.7. The van der Waals surface area contributed by atoms with E-state index >= 15 is 0 Å². The third-order valence-electron chi connectivity index (χ3n) is 6.49. The predicted octanol–water partition coefficient (Wildman–Crippen LogP) is 8.01. The topological polar surface area (TPSA) is 12.5 Å². The molecule has 1 saturated heterocycles. The van der Waals surface area contributed by atoms with Gasteiger partial charge in [0.1, 0.15) is 11.9 Å². The van der Waals surface area contributed by atoms with E-state index in [0.717, 1.165) is 78.9 Å². The lowest BCUT2D eigenvalue weighted by Crippen LogP contribution is -2.26. The van der Waals surface area contributed by atoms with E-state index in [1.165, 1.54) is 5.57 Å². The Bertz CT molecular complexity index is 1060. The van der Waals surface area contributed by atoms with Gasteiger partial charge in [0.05, 0.1) is 16.7 Å². The van der Waals surface area contributed by atoms with Crippen LogP contribution in [0, 0.1) is 0 Å². The van der Waals surface area contributed by atoms with Crippen molar-refractivity contribution < 1.29 is 9.13 Å². The number of hydrogen-bond acceptors (Lipinski definition) is 2. The van der Waals surface area contributed by atoms with E-state index in [-0.39, 0.29) is 12.8 Å². The van der Waals surface area contributed by atoms with Gasteiger partial charge in [-0.1, -0.05) is 54.6 Å². The van der Waals surface area contributed by atoms with Gasteiger partial charge in [0, 0.05) is 19.6 Å². The zero-order valence-corrected chi connectivity index (χ0v) is 20.4. The summed E-state index contributed by atoms with van der Waals surface area (Å²) in [5.41, 5.74) is 6.52. The summed E-state index contributed by atoms with van der Waals surface area (Å²) in [5, 5.41) is 1.10. The van der Waals surface area contributed by atoms with Crippen molar-refractivity contribution in [2.45, 2.75) is 38.2 Å². The van der Waals surface area contributed by atoms with Crippen LogP contribution in [0.2, 0.25) is 10.0 Å². The average Bonchev–Trinajstić information content (AvgIpc) is 3.20. The molecule has 1 aliphatic heterocycles. The van der Waals surface area contributed by atoms with Crippen LogP contribution in [-0.2, 0) is 0 Å². The highest BCUT2D eigenvalue weighted by Gasteiger charge is 2.24. The van der Waals surface area contributed by atoms with E-state index in [4.69, 9.17) is 27.9 Å². The van der Waals surface area contributed by atoms with Crippen LogP contribution < -0.4 is 4.74 Å². The van der Waals surface area contributed by atoms with Crippen LogP contribution >= 0.6 is 23.2 Å². The van der Waals surface area contributed by atoms with Gasteiger partial charge in [-0.3, -0.25) is 9.29 Å². The minimum atomic E-state index is -0.263. The van der Waals surface area contributed by atoms with Crippen LogP contribution in [0.4, 0.5) is 4.39 Å². The maximum atomic E-state index is 12.4. The molecule has 33 heavy (non-hydrogen) atoms. The Balaban J connectivity index is 1.59. The lowest BCUT2D eigenvalue weighted by molar-refractivity contribution is 0.198. The molecule has 1 unspecified atom stereocenters. The summed E-state index contributed by atoms with van der Waals surface area (Å²) >= 11 is 12.5. The largest absolute Gasteiger partial charge is 0.489 e. The van der Waals surface area contributed by atoms with E-state index in [9.17, 15) is 4.39 Å². The van der Waals surface area contributed by atoms with Gasteiger partial charge < -0.3 is 4.74 Å². The first-order chi connectivity index (χ1) is 16.0. The Labute approximate surface area is 206 Å². The fraction of sp³-hybridized carbons (Fsp3) is 0.357. The molecule has 2 nitrogen and oxygen atoms in total. The lowest BCUT2D eigenvalue weighted by Gasteiger charge is -2.19. The van der Waals surface area contributed by atoms with Crippen molar-refractivity contribution in [3.8, 4) is 5.75 Å². The third kappa shape index (κ3) is 5.71. The van der Waals surface area contributed by atoms with Gasteiger partial charge in [0.15, 0.2) is 0 Å². The SMILES string of the molecule is C=C1CCCC(c2ccc(Cl)c(Cl)c2)=C(c2ccc(OC3CCN(CCCF)C3)cc2)C1=C. The first kappa shape index (κ1) is 24.1. The van der Waals surface area contributed by atoms with Crippen molar-refractivity contribution >= 4 is 34.3 Å². The van der Waals surface area contributed by atoms with Gasteiger partial charge in [-0.15, -0.1) is 0 Å². The van der Waals surface area contributed by atoms with E-state index in [1.54, 1.807) is 0 Å². The predicted molar refractivity (Wildman–Crippen MR) is 138 cm³/mol. The summed E-state index contributed by atoms with van der Waals surface area (Å²) in [6, 6.07) is 14.1. The molecule has 4 rings (SSSR count). The number of allylic oxidation sites excluding steroid dienone is 4. The molecule has 2 aromatic carbocycles. The minimum Gasteiger partial charge on any atom is -0.489 e. The second kappa shape index (κ2) is 10.9. The Morgan fingerprint density at radius 3 is 2.48 bits per heavy atom. The fourth-order valence-corrected chi connectivity index (χ4v) is 5.00. The van der Waals surface area contributed by atoms with Gasteiger partial charge in [0.25, 0.3) is 0 Å². The molecule has 0 aromatic heterocycles. The Kier molecular flexibility index (Phi) is 7.95. The maximum absolute atomic E-state index is 12.4. The van der Waals surface area contributed by atoms with Gasteiger partial charge in [-0.05, 0) is 89.8 Å². The molecular weight excluding hydrogens is 456 g/mol. The molecular formula is C28H30Cl2FNO. The number of rotatable bonds is 7. The summed E-state index contributed by atoms with van der Waals surface area (Å²) in [4.78, 5) is 2.27. The number of ether oxygens (including phenoxy) is 1. The highest BCUT2D eigenvalue weighted by atomic mass is 35.5. The molecule has 0 N–H and O–H groups in total. The van der Waals surface area contributed by atoms with Crippen molar-refractivity contribution in [2.24, 2.45) is 0 Å². The molecule has 0 bridgehead atoms. The van der Waals surface area contributed by atoms with E-state index in [0.29, 0.717) is 16.5 Å². The van der Waals surface area contributed by atoms with Crippen LogP contribution in [0.15, 0.2) is 66.8 Å². The second-order valence-corrected chi connectivity index (χ2v) is 9.63. The van der Waals surface area contributed by atoms with E-state index in [2.05, 4.69) is 30.2 Å². The Hall–Kier alpha value is -2.07. The molecule has 1 heterocycles. The van der Waals surface area contributed by atoms with Crippen molar-refractivity contribution in [3.63, 3.8) is 0 Å². The van der Waals surface area contributed by atoms with Crippen LogP contribution in [-0.4, -0.2) is 37.3 Å². The van der Waals surface area contributed by atoms with E-state index < -0.39 is 0 Å². The quantitative estimate of drug-likeness (QED) is 0.393. The summed E-state index contributed by atoms with van der Waals surface area (Å²) in [6.07, 6.45) is 4.56. The maximum Gasteiger partial charge on any atom is 0.119 e. The molecule has 1 fully saturated rings. The first-order valence-corrected chi connectivity index (χ1v) is 12.3. The van der Waals surface area contributed by atoms with Crippen molar-refractivity contribution in [3.05, 3.63) is 87.9 Å². The van der Waals surface area contributed by atoms with Gasteiger partial charge in [-0.25, -0.2) is 0 Å². The number of hydrogen-bond donors (Lipinski definition) is 0. The number of halogens is 3. The van der Waals surface area contributed by atoms with Crippen molar-refractivity contribution in [1.82, 2.24) is 4.90 Å². The van der Waals surface area contributed by atoms with Crippen LogP contribution in [0.25, 0.3) is 11.1 Å². The molecule has 0 radical (unpaired) electrons. The molecule has 0 amide bonds. The number of likely N-dealkylation sites (tertiary alicyclic amines) is 1. The summed E-state index contributed by atoms with van der Waals surface area (Å²) in [7, 11) is 0. The number of nitrogens with zero attached hydrogens (tertiary/aromatic N) is 1. The van der Waals surface area contributed by atoms with Crippen LogP contribution in [0.5, 0.6) is 5.75 Å². The van der Waals surface area contributed by atoms with Crippen LogP contribution in [0.1, 0.15) is 43.2 Å². The highest BCUT2D eigenvalue weighted by Crippen LogP contribution is 2.42. The van der Waals surface area contributed by atoms with Gasteiger partial charge >= 0.3 is 0 Å². The summed E-state index contributed by atoms with van der Waals surface area (Å²) in [6.45, 7) is 11.0. The zero-order chi connectivity index (χ0) is 23.4. The second-order valence-electron chi connectivity index (χ2n) is 8.81. The number of benzene rings is 2. The standard InChI is InChI=1S/C28H30Cl2FNO/c1-19-5-3-6-25(22-9-12-26(29)27(30)17-22)28(20(19)2)21-7-10-23(11-8-21)33-24-13-16-32(18-24)15-4-14-31/h7-12,17,24H,1-6,13-16,18H2. The molecule has 1 aliphatic carbocycles. The Morgan fingerprint density at radius 1 is 1.00 bits per heavy atom. The molecule has 0 spiro atoms. The fourth-order valence-electron chi connectivity index (χ4n) is 4.71. The summed E-state index contributed by atoms with van der Waals surface area (Å²) in [5.74, 6) is 0.853. The molecule has 0 saturated carbocycles. The average molecular weight is 486 g/mol. The minimum absolute atomic E-state index is 0.147. The zero-order valence-electron chi connectivity index (χ0n) is 18.9. The lowest BCUT2D eigenvalue weighted by atomic mass is 9.88. The molecule has 2 aliphatic rings. The molecule has 5 heteroatoms. The normalized spacial score (nSPS) is 19.8. The van der Waals surface area contributed by atoms with Gasteiger partial charge in [0.2, 0.25) is 0 Å². The Morgan fingerprint density at radius 2 is 1.76 bits per heavy atom. The van der Waals surface area contributed by atoms with Crippen LogP contribution in [0.3, 0.4) is 0 Å². The molecule has 1 atom stereocenters. The first-order valence-electron chi connectivity index (χ1n) is 11.6. The van der Waals surface area contributed by atoms with Gasteiger partial charge in [-0.2, -0.15) is 0 Å². The van der Waals surface area contributed by atoms with Crippen molar-refractivity contribution in [1.29, 1.82) is 0 Å². The van der Waals surface area contributed by atoms with Crippen molar-refractivity contribution in [2.75, 3.05) is 26.3 Å². The third-order valence-corrected chi connectivity index (χ3v) is 7.23. The highest BCUT2D eigenvalue weighted by molar-refractivity contribution is 6.42. The van der Waals surface area contributed by atoms with E-state index in [1.807, 2.05) is 30.3 Å². The molecule has 174 valence electrons. The monoisotopic (exact) mass is 485 g/mol. The smallest absolute Gasteiger partial charge is 0.119 e. The number of alkyl halides is 1. The molecule has 2 aromatic rings.